The second-order valence-corrected chi connectivity index (χ2v) is 7.02. The summed E-state index contributed by atoms with van der Waals surface area (Å²) in [5.41, 5.74) is 1.56. The molecule has 8 heteroatoms. The molecule has 3 heterocycles. The van der Waals surface area contributed by atoms with Crippen molar-refractivity contribution in [2.45, 2.75) is 19.4 Å². The molecule has 0 spiro atoms. The Bertz CT molecular complexity index is 980. The summed E-state index contributed by atoms with van der Waals surface area (Å²) >= 11 is 4.82. The summed E-state index contributed by atoms with van der Waals surface area (Å²) in [6.07, 6.45) is 5.42. The van der Waals surface area contributed by atoms with Gasteiger partial charge >= 0.3 is 0 Å². The number of aromatic nitrogens is 1. The third kappa shape index (κ3) is 3.35. The fourth-order valence-electron chi connectivity index (χ4n) is 3.50. The van der Waals surface area contributed by atoms with Gasteiger partial charge < -0.3 is 9.47 Å². The lowest BCUT2D eigenvalue weighted by Crippen LogP contribution is -2.51. The lowest BCUT2D eigenvalue weighted by atomic mass is 10.1. The fraction of sp³-hybridized carbons (Fsp3) is 0.263. The molecule has 2 aliphatic heterocycles. The first-order valence-corrected chi connectivity index (χ1v) is 9.18. The van der Waals surface area contributed by atoms with Crippen LogP contribution in [-0.4, -0.2) is 45.4 Å². The predicted molar refractivity (Wildman–Crippen MR) is 105 cm³/mol. The van der Waals surface area contributed by atoms with Crippen molar-refractivity contribution >= 4 is 52.0 Å². The molecule has 0 saturated carbocycles. The van der Waals surface area contributed by atoms with E-state index < -0.39 is 11.8 Å². The number of likely N-dealkylation sites (tertiary alicyclic amines) is 1. The summed E-state index contributed by atoms with van der Waals surface area (Å²) in [6, 6.07) is 7.61. The minimum atomic E-state index is -0.534. The Labute approximate surface area is 161 Å². The smallest absolute Gasteiger partial charge is 0.263 e. The Morgan fingerprint density at radius 2 is 1.78 bits per heavy atom. The largest absolute Gasteiger partial charge is 0.341 e. The van der Waals surface area contributed by atoms with Crippen molar-refractivity contribution in [2.24, 2.45) is 0 Å². The van der Waals surface area contributed by atoms with Gasteiger partial charge in [0.1, 0.15) is 12.1 Å². The van der Waals surface area contributed by atoms with Gasteiger partial charge in [-0.1, -0.05) is 18.2 Å². The first-order chi connectivity index (χ1) is 13.0. The average Bonchev–Trinajstić information content (AvgIpc) is 3.27. The van der Waals surface area contributed by atoms with E-state index in [0.717, 1.165) is 36.8 Å². The number of benzene rings is 1. The van der Waals surface area contributed by atoms with E-state index in [1.54, 1.807) is 6.20 Å². The van der Waals surface area contributed by atoms with E-state index in [2.05, 4.69) is 10.6 Å². The first-order valence-electron chi connectivity index (χ1n) is 8.77. The molecular formula is C19H18N4O3S. The van der Waals surface area contributed by atoms with E-state index in [-0.39, 0.29) is 23.1 Å². The minimum Gasteiger partial charge on any atom is -0.341 e. The summed E-state index contributed by atoms with van der Waals surface area (Å²) in [5, 5.41) is 5.73. The van der Waals surface area contributed by atoms with E-state index in [1.165, 1.54) is 6.08 Å². The number of nitrogens with zero attached hydrogens (tertiary/aromatic N) is 2. The lowest BCUT2D eigenvalue weighted by molar-refractivity contribution is -0.130. The molecular weight excluding hydrogens is 364 g/mol. The number of carbonyl (C=O) groups is 3. The lowest BCUT2D eigenvalue weighted by Gasteiger charge is -2.16. The third-order valence-corrected chi connectivity index (χ3v) is 5.03. The van der Waals surface area contributed by atoms with Crippen LogP contribution < -0.4 is 10.6 Å². The zero-order valence-corrected chi connectivity index (χ0v) is 15.3. The summed E-state index contributed by atoms with van der Waals surface area (Å²) in [5.74, 6) is -0.992. The van der Waals surface area contributed by atoms with Gasteiger partial charge in [0.25, 0.3) is 11.8 Å². The van der Waals surface area contributed by atoms with E-state index in [0.29, 0.717) is 5.56 Å². The molecule has 2 fully saturated rings. The zero-order chi connectivity index (χ0) is 19.0. The summed E-state index contributed by atoms with van der Waals surface area (Å²) < 4.78 is 1.87. The van der Waals surface area contributed by atoms with Crippen LogP contribution >= 0.6 is 12.2 Å². The van der Waals surface area contributed by atoms with Crippen LogP contribution in [0.1, 0.15) is 18.4 Å². The first kappa shape index (κ1) is 17.4. The van der Waals surface area contributed by atoms with E-state index >= 15 is 0 Å². The SMILES string of the molecule is O=C1NC(=S)NC(=O)C1=Cc1cn(CC(=O)N2CCCC2)c2ccccc12. The number of hydrogen-bond acceptors (Lipinski definition) is 4. The normalized spacial score (nSPS) is 17.3. The fourth-order valence-corrected chi connectivity index (χ4v) is 3.68. The van der Waals surface area contributed by atoms with Crippen molar-refractivity contribution in [1.29, 1.82) is 0 Å². The van der Waals surface area contributed by atoms with Crippen LogP contribution in [0.25, 0.3) is 17.0 Å². The maximum absolute atomic E-state index is 12.5. The van der Waals surface area contributed by atoms with Gasteiger partial charge in [-0.25, -0.2) is 0 Å². The molecule has 138 valence electrons. The van der Waals surface area contributed by atoms with Crippen LogP contribution in [0, 0.1) is 0 Å². The molecule has 1 aromatic carbocycles. The second kappa shape index (κ2) is 6.96. The standard InChI is InChI=1S/C19H18N4O3S/c24-16(22-7-3-4-8-22)11-23-10-12(13-5-1-2-6-15(13)23)9-14-17(25)20-19(27)21-18(14)26/h1-2,5-6,9-10H,3-4,7-8,11H2,(H2,20,21,25,26,27). The van der Waals surface area contributed by atoms with Crippen molar-refractivity contribution in [3.63, 3.8) is 0 Å². The summed E-state index contributed by atoms with van der Waals surface area (Å²) in [4.78, 5) is 38.7. The monoisotopic (exact) mass is 382 g/mol. The van der Waals surface area contributed by atoms with Crippen LogP contribution in [0.5, 0.6) is 0 Å². The van der Waals surface area contributed by atoms with Gasteiger partial charge in [-0.3, -0.25) is 25.0 Å². The zero-order valence-electron chi connectivity index (χ0n) is 14.5. The molecule has 0 atom stereocenters. The molecule has 7 nitrogen and oxygen atoms in total. The highest BCUT2D eigenvalue weighted by Gasteiger charge is 2.26. The quantitative estimate of drug-likeness (QED) is 0.474. The molecule has 27 heavy (non-hydrogen) atoms. The van der Waals surface area contributed by atoms with E-state index in [4.69, 9.17) is 12.2 Å². The number of carbonyl (C=O) groups excluding carboxylic acids is 3. The van der Waals surface area contributed by atoms with Gasteiger partial charge in [0.15, 0.2) is 5.11 Å². The Kier molecular flexibility index (Phi) is 4.49. The molecule has 4 rings (SSSR count). The third-order valence-electron chi connectivity index (χ3n) is 4.83. The van der Waals surface area contributed by atoms with Gasteiger partial charge in [0, 0.05) is 35.8 Å². The molecule has 0 radical (unpaired) electrons. The summed E-state index contributed by atoms with van der Waals surface area (Å²) in [6.45, 7) is 1.83. The topological polar surface area (TPSA) is 83.4 Å². The number of nitrogens with one attached hydrogen (secondary N) is 2. The van der Waals surface area contributed by atoms with Crippen LogP contribution in [-0.2, 0) is 20.9 Å². The van der Waals surface area contributed by atoms with Crippen LogP contribution in [0.2, 0.25) is 0 Å². The van der Waals surface area contributed by atoms with Crippen molar-refractivity contribution in [1.82, 2.24) is 20.1 Å². The highest BCUT2D eigenvalue weighted by Crippen LogP contribution is 2.24. The van der Waals surface area contributed by atoms with Crippen molar-refractivity contribution < 1.29 is 14.4 Å². The number of rotatable bonds is 3. The molecule has 2 N–H and O–H groups in total. The molecule has 2 aliphatic rings. The predicted octanol–water partition coefficient (Wildman–Crippen LogP) is 1.18. The van der Waals surface area contributed by atoms with Crippen LogP contribution in [0.3, 0.4) is 0 Å². The van der Waals surface area contributed by atoms with Crippen LogP contribution in [0.15, 0.2) is 36.0 Å². The van der Waals surface area contributed by atoms with Gasteiger partial charge in [-0.05, 0) is 37.2 Å². The Hall–Kier alpha value is -3.00. The Morgan fingerprint density at radius 1 is 1.11 bits per heavy atom. The average molecular weight is 382 g/mol. The van der Waals surface area contributed by atoms with Crippen molar-refractivity contribution in [3.8, 4) is 0 Å². The minimum absolute atomic E-state index is 0.000730. The molecule has 3 amide bonds. The number of hydrogen-bond donors (Lipinski definition) is 2. The number of para-hydroxylation sites is 1. The van der Waals surface area contributed by atoms with E-state index in [9.17, 15) is 14.4 Å². The molecule has 0 aliphatic carbocycles. The Balaban J connectivity index is 1.70. The highest BCUT2D eigenvalue weighted by atomic mass is 32.1. The number of fused-ring (bicyclic) bond motifs is 1. The number of amides is 3. The van der Waals surface area contributed by atoms with Crippen LogP contribution in [0.4, 0.5) is 0 Å². The van der Waals surface area contributed by atoms with Crippen molar-refractivity contribution in [2.75, 3.05) is 13.1 Å². The number of thiocarbonyl (C=S) groups is 1. The molecule has 0 bridgehead atoms. The molecule has 2 aromatic rings. The highest BCUT2D eigenvalue weighted by molar-refractivity contribution is 7.80. The maximum Gasteiger partial charge on any atom is 0.263 e. The van der Waals surface area contributed by atoms with Gasteiger partial charge in [0.05, 0.1) is 0 Å². The maximum atomic E-state index is 12.5. The van der Waals surface area contributed by atoms with Gasteiger partial charge in [0.2, 0.25) is 5.91 Å². The second-order valence-electron chi connectivity index (χ2n) is 6.61. The summed E-state index contributed by atoms with van der Waals surface area (Å²) in [7, 11) is 0. The molecule has 1 aromatic heterocycles. The van der Waals surface area contributed by atoms with E-state index in [1.807, 2.05) is 33.7 Å². The Morgan fingerprint density at radius 3 is 2.48 bits per heavy atom. The molecule has 0 unspecified atom stereocenters. The van der Waals surface area contributed by atoms with Crippen molar-refractivity contribution in [3.05, 3.63) is 41.6 Å². The molecule has 2 saturated heterocycles. The van der Waals surface area contributed by atoms with Gasteiger partial charge in [-0.15, -0.1) is 0 Å². The van der Waals surface area contributed by atoms with Gasteiger partial charge in [-0.2, -0.15) is 0 Å².